The molecule has 0 fully saturated rings. The Kier molecular flexibility index (Phi) is 4.98. The van der Waals surface area contributed by atoms with Gasteiger partial charge >= 0.3 is 5.97 Å². The first kappa shape index (κ1) is 12.2. The Morgan fingerprint density at radius 3 is 2.75 bits per heavy atom. The van der Waals surface area contributed by atoms with Gasteiger partial charge in [0.25, 0.3) is 0 Å². The molecule has 1 aromatic rings. The van der Waals surface area contributed by atoms with E-state index in [1.54, 1.807) is 12.4 Å². The van der Waals surface area contributed by atoms with Crippen LogP contribution in [0, 0.1) is 0 Å². The predicted octanol–water partition coefficient (Wildman–Crippen LogP) is 1.41. The van der Waals surface area contributed by atoms with Crippen LogP contribution in [-0.4, -0.2) is 21.8 Å². The van der Waals surface area contributed by atoms with Gasteiger partial charge in [0.05, 0.1) is 13.0 Å². The molecular formula is C11H15N3O2. The molecule has 0 aliphatic heterocycles. The molecule has 0 saturated heterocycles. The molecule has 1 aromatic heterocycles. The first-order valence-electron chi connectivity index (χ1n) is 5.05. The van der Waals surface area contributed by atoms with Gasteiger partial charge in [-0.3, -0.25) is 9.78 Å². The summed E-state index contributed by atoms with van der Waals surface area (Å²) < 4.78 is 0. The third-order valence-corrected chi connectivity index (χ3v) is 2.00. The topological polar surface area (TPSA) is 74.6 Å². The number of aromatic nitrogens is 1. The van der Waals surface area contributed by atoms with Crippen LogP contribution in [0.5, 0.6) is 0 Å². The Bertz CT molecular complexity index is 363. The van der Waals surface area contributed by atoms with Crippen LogP contribution in [0.3, 0.4) is 0 Å². The van der Waals surface area contributed by atoms with Crippen LogP contribution in [-0.2, 0) is 11.3 Å². The van der Waals surface area contributed by atoms with Crippen molar-refractivity contribution in [2.75, 3.05) is 0 Å². The summed E-state index contributed by atoms with van der Waals surface area (Å²) >= 11 is 0. The summed E-state index contributed by atoms with van der Waals surface area (Å²) in [6.07, 6.45) is 4.03. The molecule has 1 rings (SSSR count). The number of hydrogen-bond donors (Lipinski definition) is 2. The van der Waals surface area contributed by atoms with E-state index in [4.69, 9.17) is 5.11 Å². The third kappa shape index (κ3) is 5.09. The Morgan fingerprint density at radius 2 is 2.12 bits per heavy atom. The number of nitrogens with zero attached hydrogens (tertiary/aromatic N) is 2. The van der Waals surface area contributed by atoms with Crippen molar-refractivity contribution in [1.29, 1.82) is 0 Å². The normalized spacial score (nSPS) is 11.2. The lowest BCUT2D eigenvalue weighted by molar-refractivity contribution is -0.136. The van der Waals surface area contributed by atoms with Crippen molar-refractivity contribution >= 4 is 11.7 Å². The Balaban J connectivity index is 2.28. The van der Waals surface area contributed by atoms with Crippen LogP contribution in [0.2, 0.25) is 0 Å². The van der Waals surface area contributed by atoms with E-state index in [1.165, 1.54) is 0 Å². The van der Waals surface area contributed by atoms with Crippen molar-refractivity contribution in [3.8, 4) is 0 Å². The lowest BCUT2D eigenvalue weighted by atomic mass is 10.2. The first-order chi connectivity index (χ1) is 7.68. The van der Waals surface area contributed by atoms with Crippen LogP contribution < -0.4 is 5.43 Å². The predicted molar refractivity (Wildman–Crippen MR) is 61.1 cm³/mol. The van der Waals surface area contributed by atoms with Crippen LogP contribution in [0.25, 0.3) is 0 Å². The minimum atomic E-state index is -0.802. The second-order valence-electron chi connectivity index (χ2n) is 3.43. The summed E-state index contributed by atoms with van der Waals surface area (Å²) in [6.45, 7) is 2.43. The third-order valence-electron chi connectivity index (χ3n) is 2.00. The fraction of sp³-hybridized carbons (Fsp3) is 0.364. The molecule has 16 heavy (non-hydrogen) atoms. The van der Waals surface area contributed by atoms with Gasteiger partial charge in [-0.1, -0.05) is 0 Å². The van der Waals surface area contributed by atoms with Gasteiger partial charge in [0.1, 0.15) is 0 Å². The highest BCUT2D eigenvalue weighted by Crippen LogP contribution is 1.96. The molecule has 0 atom stereocenters. The van der Waals surface area contributed by atoms with Crippen molar-refractivity contribution < 1.29 is 9.90 Å². The number of carboxylic acid groups (broad SMARTS) is 1. The highest BCUT2D eigenvalue weighted by atomic mass is 16.4. The molecule has 0 aliphatic carbocycles. The molecule has 86 valence electrons. The monoisotopic (exact) mass is 221 g/mol. The lowest BCUT2D eigenvalue weighted by Crippen LogP contribution is -2.09. The minimum Gasteiger partial charge on any atom is -0.481 e. The van der Waals surface area contributed by atoms with Gasteiger partial charge < -0.3 is 10.5 Å². The fourth-order valence-electron chi connectivity index (χ4n) is 1.11. The number of carbonyl (C=O) groups is 1. The van der Waals surface area contributed by atoms with E-state index in [1.807, 2.05) is 19.1 Å². The summed E-state index contributed by atoms with van der Waals surface area (Å²) in [4.78, 5) is 14.2. The number of pyridine rings is 1. The van der Waals surface area contributed by atoms with Gasteiger partial charge in [0.15, 0.2) is 0 Å². The minimum absolute atomic E-state index is 0.117. The zero-order chi connectivity index (χ0) is 11.8. The lowest BCUT2D eigenvalue weighted by Gasteiger charge is -2.02. The van der Waals surface area contributed by atoms with Gasteiger partial charge in [0.2, 0.25) is 0 Å². The second kappa shape index (κ2) is 6.55. The summed E-state index contributed by atoms with van der Waals surface area (Å²) in [7, 11) is 0. The first-order valence-corrected chi connectivity index (χ1v) is 5.05. The maximum Gasteiger partial charge on any atom is 0.303 e. The Labute approximate surface area is 94.2 Å². The van der Waals surface area contributed by atoms with E-state index in [-0.39, 0.29) is 6.42 Å². The number of hydrogen-bond acceptors (Lipinski definition) is 4. The zero-order valence-electron chi connectivity index (χ0n) is 9.18. The van der Waals surface area contributed by atoms with Crippen molar-refractivity contribution in [3.05, 3.63) is 30.1 Å². The molecule has 0 aromatic carbocycles. The molecule has 1 heterocycles. The SMILES string of the molecule is CC(CCC(=O)O)=NNCc1ccncc1. The second-order valence-corrected chi connectivity index (χ2v) is 3.43. The summed E-state index contributed by atoms with van der Waals surface area (Å²) in [5.41, 5.74) is 4.77. The number of rotatable bonds is 6. The molecule has 0 bridgehead atoms. The van der Waals surface area contributed by atoms with E-state index in [0.717, 1.165) is 11.3 Å². The van der Waals surface area contributed by atoms with E-state index in [9.17, 15) is 4.79 Å². The van der Waals surface area contributed by atoms with Gasteiger partial charge in [-0.05, 0) is 31.0 Å². The standard InChI is InChI=1S/C11H15N3O2/c1-9(2-3-11(15)16)14-13-8-10-4-6-12-7-5-10/h4-7,13H,2-3,8H2,1H3,(H,15,16). The molecule has 5 nitrogen and oxygen atoms in total. The van der Waals surface area contributed by atoms with E-state index in [0.29, 0.717) is 13.0 Å². The molecule has 0 unspecified atom stereocenters. The molecular weight excluding hydrogens is 206 g/mol. The average Bonchev–Trinajstić information content (AvgIpc) is 2.28. The Morgan fingerprint density at radius 1 is 1.44 bits per heavy atom. The zero-order valence-corrected chi connectivity index (χ0v) is 9.18. The largest absolute Gasteiger partial charge is 0.481 e. The van der Waals surface area contributed by atoms with Gasteiger partial charge in [-0.2, -0.15) is 5.10 Å². The number of aliphatic carboxylic acids is 1. The molecule has 0 amide bonds. The van der Waals surface area contributed by atoms with E-state index in [2.05, 4.69) is 15.5 Å². The molecule has 0 spiro atoms. The quantitative estimate of drug-likeness (QED) is 0.562. The van der Waals surface area contributed by atoms with E-state index >= 15 is 0 Å². The molecule has 0 aliphatic rings. The van der Waals surface area contributed by atoms with Crippen LogP contribution in [0.4, 0.5) is 0 Å². The molecule has 0 radical (unpaired) electrons. The molecule has 2 N–H and O–H groups in total. The maximum absolute atomic E-state index is 10.3. The highest BCUT2D eigenvalue weighted by Gasteiger charge is 1.98. The van der Waals surface area contributed by atoms with Gasteiger partial charge in [0, 0.05) is 18.1 Å². The van der Waals surface area contributed by atoms with Crippen molar-refractivity contribution in [2.24, 2.45) is 5.10 Å². The number of carboxylic acids is 1. The average molecular weight is 221 g/mol. The maximum atomic E-state index is 10.3. The summed E-state index contributed by atoms with van der Waals surface area (Å²) in [6, 6.07) is 3.80. The summed E-state index contributed by atoms with van der Waals surface area (Å²) in [5.74, 6) is -0.802. The Hall–Kier alpha value is -1.91. The van der Waals surface area contributed by atoms with Crippen LogP contribution in [0.1, 0.15) is 25.3 Å². The van der Waals surface area contributed by atoms with Crippen molar-refractivity contribution in [1.82, 2.24) is 10.4 Å². The number of nitrogens with one attached hydrogen (secondary N) is 1. The number of hydrazone groups is 1. The summed E-state index contributed by atoms with van der Waals surface area (Å²) in [5, 5.41) is 12.6. The van der Waals surface area contributed by atoms with Crippen molar-refractivity contribution in [3.63, 3.8) is 0 Å². The smallest absolute Gasteiger partial charge is 0.303 e. The van der Waals surface area contributed by atoms with Gasteiger partial charge in [-0.15, -0.1) is 0 Å². The highest BCUT2D eigenvalue weighted by molar-refractivity contribution is 5.84. The van der Waals surface area contributed by atoms with Crippen LogP contribution in [0.15, 0.2) is 29.6 Å². The molecule has 5 heteroatoms. The molecule has 0 saturated carbocycles. The van der Waals surface area contributed by atoms with Crippen LogP contribution >= 0.6 is 0 Å². The van der Waals surface area contributed by atoms with E-state index < -0.39 is 5.97 Å². The van der Waals surface area contributed by atoms with Gasteiger partial charge in [-0.25, -0.2) is 0 Å². The fourth-order valence-corrected chi connectivity index (χ4v) is 1.11. The van der Waals surface area contributed by atoms with Crippen molar-refractivity contribution in [2.45, 2.75) is 26.3 Å².